The maximum Gasteiger partial charge on any atom is 0.271 e. The number of halogens is 3. The monoisotopic (exact) mass is 485 g/mol. The van der Waals surface area contributed by atoms with E-state index in [-0.39, 0.29) is 34.1 Å². The smallest absolute Gasteiger partial charge is 0.271 e. The molecule has 0 radical (unpaired) electrons. The zero-order valence-corrected chi connectivity index (χ0v) is 19.2. The molecule has 1 fully saturated rings. The van der Waals surface area contributed by atoms with Crippen molar-refractivity contribution >= 4 is 41.0 Å². The van der Waals surface area contributed by atoms with E-state index in [9.17, 15) is 9.18 Å². The molecule has 0 aromatic heterocycles. The van der Waals surface area contributed by atoms with Crippen molar-refractivity contribution in [2.45, 2.75) is 19.4 Å². The Morgan fingerprint density at radius 1 is 1.06 bits per heavy atom. The van der Waals surface area contributed by atoms with E-state index in [0.717, 1.165) is 18.8 Å². The summed E-state index contributed by atoms with van der Waals surface area (Å²) < 4.78 is 19.4. The van der Waals surface area contributed by atoms with Gasteiger partial charge in [0.2, 0.25) is 0 Å². The Balaban J connectivity index is 1.36. The summed E-state index contributed by atoms with van der Waals surface area (Å²) in [6.07, 6.45) is 3.84. The number of hydrazone groups is 1. The van der Waals surface area contributed by atoms with Gasteiger partial charge in [-0.2, -0.15) is 5.10 Å². The number of nitrogens with one attached hydrogen (secondary N) is 1. The minimum absolute atomic E-state index is 0.00778. The van der Waals surface area contributed by atoms with Crippen LogP contribution in [-0.2, 0) is 6.61 Å². The van der Waals surface area contributed by atoms with Crippen LogP contribution in [0.1, 0.15) is 34.3 Å². The van der Waals surface area contributed by atoms with Gasteiger partial charge in [0, 0.05) is 29.9 Å². The number of nitrogens with zero attached hydrogens (tertiary/aromatic N) is 2. The third-order valence-electron chi connectivity index (χ3n) is 5.33. The topological polar surface area (TPSA) is 53.9 Å². The summed E-state index contributed by atoms with van der Waals surface area (Å²) in [5.41, 5.74) is 5.11. The molecule has 5 nitrogen and oxygen atoms in total. The second kappa shape index (κ2) is 10.7. The Kier molecular flexibility index (Phi) is 7.47. The van der Waals surface area contributed by atoms with Gasteiger partial charge in [0.25, 0.3) is 5.91 Å². The zero-order chi connectivity index (χ0) is 23.2. The Morgan fingerprint density at radius 2 is 1.73 bits per heavy atom. The first-order valence-electron chi connectivity index (χ1n) is 10.5. The van der Waals surface area contributed by atoms with Crippen molar-refractivity contribution < 1.29 is 13.9 Å². The largest absolute Gasteiger partial charge is 0.486 e. The van der Waals surface area contributed by atoms with Crippen LogP contribution in [0.15, 0.2) is 65.8 Å². The number of benzene rings is 3. The highest BCUT2D eigenvalue weighted by Gasteiger charge is 2.13. The number of amides is 1. The van der Waals surface area contributed by atoms with Gasteiger partial charge in [0.05, 0.1) is 16.3 Å². The highest BCUT2D eigenvalue weighted by Crippen LogP contribution is 2.34. The molecule has 33 heavy (non-hydrogen) atoms. The first-order chi connectivity index (χ1) is 16.0. The summed E-state index contributed by atoms with van der Waals surface area (Å²) in [5, 5.41) is 4.50. The molecule has 0 spiro atoms. The van der Waals surface area contributed by atoms with E-state index in [2.05, 4.69) is 15.4 Å². The molecule has 0 unspecified atom stereocenters. The van der Waals surface area contributed by atoms with Crippen LogP contribution >= 0.6 is 23.2 Å². The predicted octanol–water partition coefficient (Wildman–Crippen LogP) is 6.08. The minimum atomic E-state index is -0.366. The second-order valence-corrected chi connectivity index (χ2v) is 8.45. The third-order valence-corrected chi connectivity index (χ3v) is 5.89. The van der Waals surface area contributed by atoms with E-state index in [1.165, 1.54) is 25.1 Å². The van der Waals surface area contributed by atoms with E-state index in [0.29, 0.717) is 16.7 Å². The summed E-state index contributed by atoms with van der Waals surface area (Å²) >= 11 is 12.6. The fourth-order valence-corrected chi connectivity index (χ4v) is 4.20. The highest BCUT2D eigenvalue weighted by atomic mass is 35.5. The van der Waals surface area contributed by atoms with E-state index in [4.69, 9.17) is 27.9 Å². The molecule has 8 heteroatoms. The summed E-state index contributed by atoms with van der Waals surface area (Å²) in [5.74, 6) is -0.433. The van der Waals surface area contributed by atoms with Crippen LogP contribution < -0.4 is 15.1 Å². The molecule has 0 bridgehead atoms. The van der Waals surface area contributed by atoms with Crippen LogP contribution in [0.2, 0.25) is 10.0 Å². The zero-order valence-electron chi connectivity index (χ0n) is 17.7. The van der Waals surface area contributed by atoms with E-state index < -0.39 is 0 Å². The van der Waals surface area contributed by atoms with Crippen molar-refractivity contribution in [1.29, 1.82) is 0 Å². The first kappa shape index (κ1) is 23.1. The molecule has 0 aliphatic carbocycles. The molecule has 3 aromatic rings. The Hall–Kier alpha value is -3.09. The number of rotatable bonds is 7. The highest BCUT2D eigenvalue weighted by molar-refractivity contribution is 6.37. The maximum absolute atomic E-state index is 13.8. The Morgan fingerprint density at radius 3 is 2.39 bits per heavy atom. The first-order valence-corrected chi connectivity index (χ1v) is 11.3. The van der Waals surface area contributed by atoms with Gasteiger partial charge >= 0.3 is 0 Å². The molecule has 1 amide bonds. The lowest BCUT2D eigenvalue weighted by Gasteiger charge is -2.17. The molecule has 0 atom stereocenters. The van der Waals surface area contributed by atoms with E-state index in [1.807, 2.05) is 12.1 Å². The fourth-order valence-electron chi connectivity index (χ4n) is 3.59. The van der Waals surface area contributed by atoms with Crippen LogP contribution in [0.4, 0.5) is 10.1 Å². The molecule has 3 aromatic carbocycles. The molecule has 1 aliphatic heterocycles. The standard InChI is InChI=1S/C25H22Cl2FN3O2/c26-21-13-17(14-22(27)24(21)33-16-19-5-1-2-6-23(19)28)15-29-30-25(32)18-7-9-20(10-8-18)31-11-3-4-12-31/h1-2,5-10,13-15H,3-4,11-12,16H2,(H,30,32)/b29-15-. The van der Waals surface area contributed by atoms with Crippen molar-refractivity contribution in [2.75, 3.05) is 18.0 Å². The SMILES string of the molecule is O=C(N/N=C\c1cc(Cl)c(OCc2ccccc2F)c(Cl)c1)c1ccc(N2CCCC2)cc1. The lowest BCUT2D eigenvalue weighted by Crippen LogP contribution is -2.19. The van der Waals surface area contributed by atoms with E-state index in [1.54, 1.807) is 42.5 Å². The quantitative estimate of drug-likeness (QED) is 0.326. The number of ether oxygens (including phenoxy) is 1. The van der Waals surface area contributed by atoms with Crippen molar-refractivity contribution in [3.63, 3.8) is 0 Å². The van der Waals surface area contributed by atoms with Gasteiger partial charge in [-0.15, -0.1) is 0 Å². The molecule has 170 valence electrons. The van der Waals surface area contributed by atoms with Gasteiger partial charge in [-0.3, -0.25) is 4.79 Å². The molecule has 1 aliphatic rings. The average Bonchev–Trinajstić information content (AvgIpc) is 3.35. The normalized spacial score (nSPS) is 13.5. The summed E-state index contributed by atoms with van der Waals surface area (Å²) in [4.78, 5) is 14.7. The number of hydrogen-bond donors (Lipinski definition) is 1. The van der Waals surface area contributed by atoms with Gasteiger partial charge in [0.1, 0.15) is 12.4 Å². The minimum Gasteiger partial charge on any atom is -0.486 e. The average molecular weight is 486 g/mol. The van der Waals surface area contributed by atoms with Crippen LogP contribution in [0, 0.1) is 5.82 Å². The van der Waals surface area contributed by atoms with Gasteiger partial charge < -0.3 is 9.64 Å². The molecular formula is C25H22Cl2FN3O2. The van der Waals surface area contributed by atoms with Gasteiger partial charge in [-0.25, -0.2) is 9.82 Å². The summed E-state index contributed by atoms with van der Waals surface area (Å²) in [6.45, 7) is 2.09. The number of hydrogen-bond acceptors (Lipinski definition) is 4. The number of anilines is 1. The van der Waals surface area contributed by atoms with Crippen LogP contribution in [0.25, 0.3) is 0 Å². The van der Waals surface area contributed by atoms with Gasteiger partial charge in [-0.05, 0) is 60.9 Å². The van der Waals surface area contributed by atoms with Gasteiger partial charge in [-0.1, -0.05) is 41.4 Å². The Labute approximate surface area is 201 Å². The molecular weight excluding hydrogens is 464 g/mol. The fraction of sp³-hybridized carbons (Fsp3) is 0.200. The van der Waals surface area contributed by atoms with Crippen molar-refractivity contribution in [3.8, 4) is 5.75 Å². The summed E-state index contributed by atoms with van der Waals surface area (Å²) in [6, 6.07) is 17.0. The third kappa shape index (κ3) is 5.83. The lowest BCUT2D eigenvalue weighted by atomic mass is 10.2. The second-order valence-electron chi connectivity index (χ2n) is 7.63. The molecule has 1 heterocycles. The number of carbonyl (C=O) groups is 1. The lowest BCUT2D eigenvalue weighted by molar-refractivity contribution is 0.0955. The van der Waals surface area contributed by atoms with Crippen molar-refractivity contribution in [2.24, 2.45) is 5.10 Å². The van der Waals surface area contributed by atoms with Crippen molar-refractivity contribution in [3.05, 3.63) is 93.2 Å². The van der Waals surface area contributed by atoms with Crippen LogP contribution in [0.5, 0.6) is 5.75 Å². The van der Waals surface area contributed by atoms with E-state index >= 15 is 0 Å². The number of carbonyl (C=O) groups excluding carboxylic acids is 1. The van der Waals surface area contributed by atoms with Gasteiger partial charge in [0.15, 0.2) is 5.75 Å². The molecule has 1 saturated heterocycles. The molecule has 4 rings (SSSR count). The summed E-state index contributed by atoms with van der Waals surface area (Å²) in [7, 11) is 0. The molecule has 0 saturated carbocycles. The predicted molar refractivity (Wildman–Crippen MR) is 130 cm³/mol. The van der Waals surface area contributed by atoms with Crippen LogP contribution in [0.3, 0.4) is 0 Å². The Bertz CT molecular complexity index is 1140. The van der Waals surface area contributed by atoms with Crippen LogP contribution in [-0.4, -0.2) is 25.2 Å². The molecule has 1 N–H and O–H groups in total. The van der Waals surface area contributed by atoms with Crippen molar-refractivity contribution in [1.82, 2.24) is 5.43 Å². The maximum atomic E-state index is 13.8.